The molecule has 0 radical (unpaired) electrons. The van der Waals surface area contributed by atoms with Crippen molar-refractivity contribution in [3.63, 3.8) is 0 Å². The topological polar surface area (TPSA) is 20.3 Å². The highest BCUT2D eigenvalue weighted by Crippen LogP contribution is 2.43. The lowest BCUT2D eigenvalue weighted by atomic mass is 10.1. The Bertz CT molecular complexity index is 733. The first kappa shape index (κ1) is 16.4. The fraction of sp³-hybridized carbons (Fsp3) is 0.188. The third kappa shape index (κ3) is 3.40. The SMILES string of the molecule is O=C1CS[C@@H](c2cccc(C(F)(F)F)c2)N1c1ccc(Br)cc1. The summed E-state index contributed by atoms with van der Waals surface area (Å²) in [6, 6.07) is 12.3. The van der Waals surface area contributed by atoms with E-state index in [-0.39, 0.29) is 11.7 Å². The highest BCUT2D eigenvalue weighted by molar-refractivity contribution is 9.10. The van der Waals surface area contributed by atoms with Gasteiger partial charge >= 0.3 is 6.18 Å². The van der Waals surface area contributed by atoms with Gasteiger partial charge in [-0.15, -0.1) is 11.8 Å². The number of halogens is 4. The quantitative estimate of drug-likeness (QED) is 0.684. The number of alkyl halides is 3. The highest BCUT2D eigenvalue weighted by Gasteiger charge is 2.36. The lowest BCUT2D eigenvalue weighted by molar-refractivity contribution is -0.137. The van der Waals surface area contributed by atoms with Crippen LogP contribution >= 0.6 is 27.7 Å². The number of thioether (sulfide) groups is 1. The Balaban J connectivity index is 1.98. The maximum atomic E-state index is 12.9. The molecule has 0 aliphatic carbocycles. The normalized spacial score (nSPS) is 18.5. The molecule has 0 spiro atoms. The first-order valence-electron chi connectivity index (χ1n) is 6.72. The Kier molecular flexibility index (Phi) is 4.42. The van der Waals surface area contributed by atoms with Crippen LogP contribution in [0.4, 0.5) is 18.9 Å². The van der Waals surface area contributed by atoms with Crippen molar-refractivity contribution in [2.45, 2.75) is 11.6 Å². The van der Waals surface area contributed by atoms with Crippen LogP contribution < -0.4 is 4.90 Å². The lowest BCUT2D eigenvalue weighted by Gasteiger charge is -2.25. The number of hydrogen-bond donors (Lipinski definition) is 0. The van der Waals surface area contributed by atoms with Gasteiger partial charge in [-0.3, -0.25) is 9.69 Å². The summed E-state index contributed by atoms with van der Waals surface area (Å²) in [5.74, 6) is 0.136. The second kappa shape index (κ2) is 6.20. The van der Waals surface area contributed by atoms with Crippen molar-refractivity contribution in [2.24, 2.45) is 0 Å². The number of rotatable bonds is 2. The maximum Gasteiger partial charge on any atom is 0.416 e. The summed E-state index contributed by atoms with van der Waals surface area (Å²) in [5.41, 5.74) is 0.440. The lowest BCUT2D eigenvalue weighted by Crippen LogP contribution is -2.27. The molecule has 23 heavy (non-hydrogen) atoms. The molecule has 7 heteroatoms. The van der Waals surface area contributed by atoms with Crippen molar-refractivity contribution in [1.29, 1.82) is 0 Å². The molecule has 1 aliphatic rings. The van der Waals surface area contributed by atoms with E-state index < -0.39 is 17.1 Å². The molecule has 1 saturated heterocycles. The molecule has 2 nitrogen and oxygen atoms in total. The Hall–Kier alpha value is -1.47. The van der Waals surface area contributed by atoms with Gasteiger partial charge in [0, 0.05) is 10.2 Å². The van der Waals surface area contributed by atoms with Crippen molar-refractivity contribution in [3.05, 3.63) is 64.1 Å². The molecule has 0 saturated carbocycles. The number of hydrogen-bond acceptors (Lipinski definition) is 2. The summed E-state index contributed by atoms with van der Waals surface area (Å²) >= 11 is 4.65. The summed E-state index contributed by atoms with van der Waals surface area (Å²) in [4.78, 5) is 13.7. The molecule has 1 fully saturated rings. The zero-order chi connectivity index (χ0) is 16.6. The average Bonchev–Trinajstić information content (AvgIpc) is 2.89. The van der Waals surface area contributed by atoms with E-state index in [9.17, 15) is 18.0 Å². The van der Waals surface area contributed by atoms with Crippen molar-refractivity contribution in [1.82, 2.24) is 0 Å². The minimum absolute atomic E-state index is 0.111. The zero-order valence-electron chi connectivity index (χ0n) is 11.7. The van der Waals surface area contributed by atoms with Gasteiger partial charge in [-0.05, 0) is 42.0 Å². The number of nitrogens with zero attached hydrogens (tertiary/aromatic N) is 1. The minimum atomic E-state index is -4.40. The first-order chi connectivity index (χ1) is 10.9. The summed E-state index contributed by atoms with van der Waals surface area (Å²) in [5, 5.41) is -0.453. The molecule has 1 amide bonds. The predicted molar refractivity (Wildman–Crippen MR) is 88.3 cm³/mol. The second-order valence-corrected chi connectivity index (χ2v) is 7.01. The van der Waals surface area contributed by atoms with E-state index in [1.165, 1.54) is 17.8 Å². The zero-order valence-corrected chi connectivity index (χ0v) is 14.1. The first-order valence-corrected chi connectivity index (χ1v) is 8.57. The molecule has 0 N–H and O–H groups in total. The van der Waals surface area contributed by atoms with Crippen LogP contribution in [0.2, 0.25) is 0 Å². The number of benzene rings is 2. The van der Waals surface area contributed by atoms with Crippen LogP contribution in [0, 0.1) is 0 Å². The largest absolute Gasteiger partial charge is 0.416 e. The van der Waals surface area contributed by atoms with Gasteiger partial charge in [0.15, 0.2) is 0 Å². The summed E-state index contributed by atoms with van der Waals surface area (Å²) in [6.45, 7) is 0. The van der Waals surface area contributed by atoms with Crippen molar-refractivity contribution < 1.29 is 18.0 Å². The molecular formula is C16H11BrF3NOS. The van der Waals surface area contributed by atoms with Gasteiger partial charge in [-0.2, -0.15) is 13.2 Å². The van der Waals surface area contributed by atoms with Crippen molar-refractivity contribution >= 4 is 39.3 Å². The third-order valence-electron chi connectivity index (χ3n) is 3.47. The Morgan fingerprint density at radius 3 is 2.48 bits per heavy atom. The minimum Gasteiger partial charge on any atom is -0.295 e. The smallest absolute Gasteiger partial charge is 0.295 e. The molecule has 1 aliphatic heterocycles. The van der Waals surface area contributed by atoms with Gasteiger partial charge in [0.05, 0.1) is 11.3 Å². The van der Waals surface area contributed by atoms with E-state index in [1.54, 1.807) is 35.2 Å². The van der Waals surface area contributed by atoms with Gasteiger partial charge in [0.25, 0.3) is 0 Å². The fourth-order valence-electron chi connectivity index (χ4n) is 2.42. The number of carbonyl (C=O) groups excluding carboxylic acids is 1. The molecule has 0 aromatic heterocycles. The van der Waals surface area contributed by atoms with E-state index in [1.807, 2.05) is 0 Å². The molecule has 0 unspecified atom stereocenters. The van der Waals surface area contributed by atoms with E-state index >= 15 is 0 Å². The molecule has 2 aromatic carbocycles. The van der Waals surface area contributed by atoms with Crippen LogP contribution in [0.15, 0.2) is 53.0 Å². The number of carbonyl (C=O) groups is 1. The standard InChI is InChI=1S/C16H11BrF3NOS/c17-12-4-6-13(7-5-12)21-14(22)9-23-15(21)10-2-1-3-11(8-10)16(18,19)20/h1-8,15H,9H2/t15-/m0/s1. The van der Waals surface area contributed by atoms with Gasteiger partial charge in [-0.25, -0.2) is 0 Å². The summed E-state index contributed by atoms with van der Waals surface area (Å²) < 4.78 is 39.6. The van der Waals surface area contributed by atoms with E-state index in [4.69, 9.17) is 0 Å². The Labute approximate surface area is 143 Å². The average molecular weight is 402 g/mol. The number of amides is 1. The molecule has 1 heterocycles. The molecule has 120 valence electrons. The second-order valence-electron chi connectivity index (χ2n) is 5.03. The Morgan fingerprint density at radius 1 is 1.13 bits per heavy atom. The van der Waals surface area contributed by atoms with Gasteiger partial charge in [0.2, 0.25) is 5.91 Å². The van der Waals surface area contributed by atoms with Crippen molar-refractivity contribution in [2.75, 3.05) is 10.7 Å². The highest BCUT2D eigenvalue weighted by atomic mass is 79.9. The van der Waals surface area contributed by atoms with Crippen LogP contribution in [0.1, 0.15) is 16.5 Å². The fourth-order valence-corrected chi connectivity index (χ4v) is 3.85. The van der Waals surface area contributed by atoms with Crippen LogP contribution in [-0.4, -0.2) is 11.7 Å². The van der Waals surface area contributed by atoms with Gasteiger partial charge in [0.1, 0.15) is 5.37 Å². The molecule has 1 atom stereocenters. The molecule has 2 aromatic rings. The third-order valence-corrected chi connectivity index (χ3v) is 5.21. The van der Waals surface area contributed by atoms with Crippen LogP contribution in [-0.2, 0) is 11.0 Å². The molecular weight excluding hydrogens is 391 g/mol. The molecule has 3 rings (SSSR count). The van der Waals surface area contributed by atoms with E-state index in [2.05, 4.69) is 15.9 Å². The predicted octanol–water partition coefficient (Wildman–Crippen LogP) is 5.25. The molecule has 0 bridgehead atoms. The Morgan fingerprint density at radius 2 is 1.83 bits per heavy atom. The number of anilines is 1. The van der Waals surface area contributed by atoms with Gasteiger partial charge < -0.3 is 0 Å². The van der Waals surface area contributed by atoms with Crippen LogP contribution in [0.3, 0.4) is 0 Å². The van der Waals surface area contributed by atoms with Crippen molar-refractivity contribution in [3.8, 4) is 0 Å². The van der Waals surface area contributed by atoms with Crippen LogP contribution in [0.25, 0.3) is 0 Å². The van der Waals surface area contributed by atoms with Crippen LogP contribution in [0.5, 0.6) is 0 Å². The van der Waals surface area contributed by atoms with E-state index in [0.717, 1.165) is 16.6 Å². The monoisotopic (exact) mass is 401 g/mol. The maximum absolute atomic E-state index is 12.9. The summed E-state index contributed by atoms with van der Waals surface area (Å²) in [7, 11) is 0. The summed E-state index contributed by atoms with van der Waals surface area (Å²) in [6.07, 6.45) is -4.40. The van der Waals surface area contributed by atoms with E-state index in [0.29, 0.717) is 11.3 Å². The van der Waals surface area contributed by atoms with Gasteiger partial charge in [-0.1, -0.05) is 28.1 Å².